The fourth-order valence-electron chi connectivity index (χ4n) is 3.12. The van der Waals surface area contributed by atoms with E-state index in [-0.39, 0.29) is 12.1 Å². The van der Waals surface area contributed by atoms with Crippen molar-refractivity contribution in [3.05, 3.63) is 18.3 Å². The molecule has 2 rings (SSSR count). The van der Waals surface area contributed by atoms with Gasteiger partial charge in [0.2, 0.25) is 5.88 Å². The highest BCUT2D eigenvalue weighted by Crippen LogP contribution is 2.21. The maximum atomic E-state index is 12.0. The Morgan fingerprint density at radius 3 is 3.04 bits per heavy atom. The monoisotopic (exact) mass is 348 g/mol. The normalized spacial score (nSPS) is 18.2. The molecule has 1 aromatic rings. The van der Waals surface area contributed by atoms with Crippen LogP contribution in [0, 0.1) is 5.92 Å². The molecular formula is C19H32N4O2. The fourth-order valence-corrected chi connectivity index (χ4v) is 3.12. The number of aromatic nitrogens is 1. The molecule has 6 nitrogen and oxygen atoms in total. The Hall–Kier alpha value is -1.82. The van der Waals surface area contributed by atoms with E-state index in [1.807, 2.05) is 13.8 Å². The molecule has 0 spiro atoms. The number of unbranched alkanes of at least 4 members (excludes halogenated alkanes) is 1. The summed E-state index contributed by atoms with van der Waals surface area (Å²) in [5, 5.41) is 5.72. The number of pyridine rings is 1. The van der Waals surface area contributed by atoms with Gasteiger partial charge in [-0.2, -0.15) is 0 Å². The van der Waals surface area contributed by atoms with E-state index in [1.165, 1.54) is 25.9 Å². The second kappa shape index (κ2) is 10.2. The van der Waals surface area contributed by atoms with E-state index in [9.17, 15) is 4.79 Å². The third kappa shape index (κ3) is 7.30. The van der Waals surface area contributed by atoms with Gasteiger partial charge in [0.15, 0.2) is 0 Å². The predicted molar refractivity (Wildman–Crippen MR) is 101 cm³/mol. The number of hydrogen-bond donors (Lipinski definition) is 2. The molecule has 1 fully saturated rings. The van der Waals surface area contributed by atoms with Gasteiger partial charge < -0.3 is 20.3 Å². The van der Waals surface area contributed by atoms with Crippen molar-refractivity contribution in [3.63, 3.8) is 0 Å². The number of hydrogen-bond acceptors (Lipinski definition) is 4. The van der Waals surface area contributed by atoms with Crippen LogP contribution in [0.1, 0.15) is 46.5 Å². The van der Waals surface area contributed by atoms with Crippen molar-refractivity contribution in [1.29, 1.82) is 0 Å². The van der Waals surface area contributed by atoms with Crippen molar-refractivity contribution in [2.45, 2.75) is 52.6 Å². The standard InChI is InChI=1S/C19H32N4O2/c1-15(2)25-18-17(9-6-11-20-18)22-19(24)21-10-4-5-12-23-13-7-8-16(3)14-23/h6,9,11,15-16H,4-5,7-8,10,12-14H2,1-3H3,(H2,21,22,24). The lowest BCUT2D eigenvalue weighted by molar-refractivity contribution is 0.181. The van der Waals surface area contributed by atoms with Gasteiger partial charge in [0.1, 0.15) is 5.69 Å². The van der Waals surface area contributed by atoms with Crippen molar-refractivity contribution in [1.82, 2.24) is 15.2 Å². The predicted octanol–water partition coefficient (Wildman–Crippen LogP) is 3.50. The van der Waals surface area contributed by atoms with Crippen LogP contribution >= 0.6 is 0 Å². The van der Waals surface area contributed by atoms with Gasteiger partial charge in [0.25, 0.3) is 0 Å². The Bertz CT molecular complexity index is 536. The number of rotatable bonds is 8. The van der Waals surface area contributed by atoms with Crippen molar-refractivity contribution in [2.75, 3.05) is 31.5 Å². The number of nitrogens with zero attached hydrogens (tertiary/aromatic N) is 2. The third-order valence-electron chi connectivity index (χ3n) is 4.29. The van der Waals surface area contributed by atoms with Gasteiger partial charge in [-0.3, -0.25) is 0 Å². The molecule has 1 saturated heterocycles. The summed E-state index contributed by atoms with van der Waals surface area (Å²) >= 11 is 0. The molecular weight excluding hydrogens is 316 g/mol. The zero-order valence-electron chi connectivity index (χ0n) is 15.8. The summed E-state index contributed by atoms with van der Waals surface area (Å²) in [5.41, 5.74) is 0.594. The summed E-state index contributed by atoms with van der Waals surface area (Å²) in [6.07, 6.45) is 6.43. The lowest BCUT2D eigenvalue weighted by Gasteiger charge is -2.30. The maximum Gasteiger partial charge on any atom is 0.319 e. The molecule has 1 aromatic heterocycles. The minimum absolute atomic E-state index is 0.0102. The van der Waals surface area contributed by atoms with Crippen LogP contribution in [0.2, 0.25) is 0 Å². The van der Waals surface area contributed by atoms with Gasteiger partial charge in [-0.1, -0.05) is 6.92 Å². The van der Waals surface area contributed by atoms with E-state index in [0.717, 1.165) is 25.3 Å². The van der Waals surface area contributed by atoms with Crippen LogP contribution in [0.5, 0.6) is 5.88 Å². The van der Waals surface area contributed by atoms with E-state index < -0.39 is 0 Å². The first-order chi connectivity index (χ1) is 12.0. The van der Waals surface area contributed by atoms with Crippen LogP contribution in [0.4, 0.5) is 10.5 Å². The Balaban J connectivity index is 1.64. The minimum Gasteiger partial charge on any atom is -0.473 e. The number of piperidine rings is 1. The van der Waals surface area contributed by atoms with Gasteiger partial charge in [-0.15, -0.1) is 0 Å². The van der Waals surface area contributed by atoms with Crippen LogP contribution < -0.4 is 15.4 Å². The SMILES string of the molecule is CC1CCCN(CCCCNC(=O)Nc2cccnc2OC(C)C)C1. The largest absolute Gasteiger partial charge is 0.473 e. The number of anilines is 1. The fraction of sp³-hybridized carbons (Fsp3) is 0.684. The summed E-state index contributed by atoms with van der Waals surface area (Å²) in [7, 11) is 0. The quantitative estimate of drug-likeness (QED) is 0.706. The molecule has 0 saturated carbocycles. The average molecular weight is 348 g/mol. The number of carbonyl (C=O) groups excluding carboxylic acids is 1. The van der Waals surface area contributed by atoms with Crippen LogP contribution in [0.25, 0.3) is 0 Å². The van der Waals surface area contributed by atoms with Crippen LogP contribution in [-0.2, 0) is 0 Å². The van der Waals surface area contributed by atoms with Gasteiger partial charge in [-0.05, 0) is 70.7 Å². The second-order valence-electron chi connectivity index (χ2n) is 7.16. The van der Waals surface area contributed by atoms with Crippen LogP contribution in [0.15, 0.2) is 18.3 Å². The Morgan fingerprint density at radius 1 is 1.44 bits per heavy atom. The van der Waals surface area contributed by atoms with E-state index >= 15 is 0 Å². The van der Waals surface area contributed by atoms with E-state index in [2.05, 4.69) is 27.4 Å². The first-order valence-electron chi connectivity index (χ1n) is 9.43. The minimum atomic E-state index is -0.215. The number of amides is 2. The van der Waals surface area contributed by atoms with Crippen LogP contribution in [-0.4, -0.2) is 48.2 Å². The van der Waals surface area contributed by atoms with E-state index in [1.54, 1.807) is 18.3 Å². The topological polar surface area (TPSA) is 66.5 Å². The number of nitrogens with one attached hydrogen (secondary N) is 2. The van der Waals surface area contributed by atoms with E-state index in [4.69, 9.17) is 4.74 Å². The molecule has 0 aromatic carbocycles. The molecule has 2 N–H and O–H groups in total. The van der Waals surface area contributed by atoms with Gasteiger partial charge in [0.05, 0.1) is 6.10 Å². The number of ether oxygens (including phenoxy) is 1. The molecule has 0 bridgehead atoms. The highest BCUT2D eigenvalue weighted by molar-refractivity contribution is 5.90. The third-order valence-corrected chi connectivity index (χ3v) is 4.29. The number of urea groups is 1. The molecule has 25 heavy (non-hydrogen) atoms. The zero-order chi connectivity index (χ0) is 18.1. The van der Waals surface area contributed by atoms with Crippen molar-refractivity contribution in [2.24, 2.45) is 5.92 Å². The van der Waals surface area contributed by atoms with Gasteiger partial charge >= 0.3 is 6.03 Å². The molecule has 140 valence electrons. The lowest BCUT2D eigenvalue weighted by atomic mass is 10.0. The van der Waals surface area contributed by atoms with Crippen molar-refractivity contribution < 1.29 is 9.53 Å². The first kappa shape index (κ1) is 19.5. The zero-order valence-corrected chi connectivity index (χ0v) is 15.8. The highest BCUT2D eigenvalue weighted by atomic mass is 16.5. The summed E-state index contributed by atoms with van der Waals surface area (Å²) in [6, 6.07) is 3.36. The molecule has 1 aliphatic rings. The Kier molecular flexibility index (Phi) is 7.98. The molecule has 0 radical (unpaired) electrons. The summed E-state index contributed by atoms with van der Waals surface area (Å²) in [4.78, 5) is 18.8. The Morgan fingerprint density at radius 2 is 2.28 bits per heavy atom. The van der Waals surface area contributed by atoms with Crippen molar-refractivity contribution in [3.8, 4) is 5.88 Å². The van der Waals surface area contributed by atoms with Crippen molar-refractivity contribution >= 4 is 11.7 Å². The highest BCUT2D eigenvalue weighted by Gasteiger charge is 2.15. The van der Waals surface area contributed by atoms with Crippen LogP contribution in [0.3, 0.4) is 0 Å². The van der Waals surface area contributed by atoms with Gasteiger partial charge in [0, 0.05) is 19.3 Å². The molecule has 1 unspecified atom stereocenters. The molecule has 6 heteroatoms. The number of carbonyl (C=O) groups is 1. The lowest BCUT2D eigenvalue weighted by Crippen LogP contribution is -2.35. The first-order valence-corrected chi connectivity index (χ1v) is 9.43. The number of likely N-dealkylation sites (tertiary alicyclic amines) is 1. The second-order valence-corrected chi connectivity index (χ2v) is 7.16. The Labute approximate surface area is 151 Å². The molecule has 2 amide bonds. The molecule has 1 atom stereocenters. The molecule has 2 heterocycles. The summed E-state index contributed by atoms with van der Waals surface area (Å²) in [6.45, 7) is 10.4. The molecule has 1 aliphatic heterocycles. The average Bonchev–Trinajstić information content (AvgIpc) is 2.56. The maximum absolute atomic E-state index is 12.0. The smallest absolute Gasteiger partial charge is 0.319 e. The molecule has 0 aliphatic carbocycles. The van der Waals surface area contributed by atoms with Gasteiger partial charge in [-0.25, -0.2) is 9.78 Å². The summed E-state index contributed by atoms with van der Waals surface area (Å²) in [5.74, 6) is 1.27. The summed E-state index contributed by atoms with van der Waals surface area (Å²) < 4.78 is 5.61. The van der Waals surface area contributed by atoms with E-state index in [0.29, 0.717) is 18.1 Å².